The SMILES string of the molecule is Cc1oc(-c2ccc(Cl)cc2)nc1COc1ccc(C2NC(C(=O)O)CS2)cc1. The van der Waals surface area contributed by atoms with Crippen LogP contribution < -0.4 is 10.1 Å². The number of carbonyl (C=O) groups is 1. The molecule has 0 spiro atoms. The van der Waals surface area contributed by atoms with Gasteiger partial charge in [-0.05, 0) is 48.9 Å². The van der Waals surface area contributed by atoms with Crippen molar-refractivity contribution in [2.75, 3.05) is 5.75 Å². The molecule has 0 radical (unpaired) electrons. The summed E-state index contributed by atoms with van der Waals surface area (Å²) in [5, 5.41) is 12.8. The van der Waals surface area contributed by atoms with Gasteiger partial charge in [0.25, 0.3) is 0 Å². The zero-order chi connectivity index (χ0) is 20.4. The molecule has 2 N–H and O–H groups in total. The number of thioether (sulfide) groups is 1. The second kappa shape index (κ2) is 8.49. The maximum absolute atomic E-state index is 11.1. The first kappa shape index (κ1) is 19.8. The molecule has 8 heteroatoms. The summed E-state index contributed by atoms with van der Waals surface area (Å²) in [6.07, 6.45) is 0. The number of rotatable bonds is 6. The third kappa shape index (κ3) is 4.58. The lowest BCUT2D eigenvalue weighted by atomic mass is 10.2. The molecule has 150 valence electrons. The van der Waals surface area contributed by atoms with E-state index in [-0.39, 0.29) is 5.37 Å². The molecule has 1 saturated heterocycles. The molecular formula is C21H19ClN2O4S. The third-order valence-electron chi connectivity index (χ3n) is 4.62. The predicted octanol–water partition coefficient (Wildman–Crippen LogP) is 4.67. The highest BCUT2D eigenvalue weighted by atomic mass is 35.5. The smallest absolute Gasteiger partial charge is 0.321 e. The number of carboxylic acid groups (broad SMARTS) is 1. The first-order valence-corrected chi connectivity index (χ1v) is 10.5. The number of benzene rings is 2. The van der Waals surface area contributed by atoms with Crippen molar-refractivity contribution in [2.24, 2.45) is 0 Å². The third-order valence-corrected chi connectivity index (χ3v) is 6.14. The van der Waals surface area contributed by atoms with Crippen molar-refractivity contribution in [3.63, 3.8) is 0 Å². The highest BCUT2D eigenvalue weighted by molar-refractivity contribution is 7.99. The molecular weight excluding hydrogens is 412 g/mol. The summed E-state index contributed by atoms with van der Waals surface area (Å²) in [5.74, 6) is 1.69. The van der Waals surface area contributed by atoms with Gasteiger partial charge in [-0.25, -0.2) is 4.98 Å². The number of aromatic nitrogens is 1. The fourth-order valence-corrected chi connectivity index (χ4v) is 4.33. The summed E-state index contributed by atoms with van der Waals surface area (Å²) in [4.78, 5) is 15.6. The van der Waals surface area contributed by atoms with E-state index in [0.717, 1.165) is 16.8 Å². The molecule has 4 rings (SSSR count). The summed E-state index contributed by atoms with van der Waals surface area (Å²) in [6.45, 7) is 2.15. The van der Waals surface area contributed by atoms with Crippen molar-refractivity contribution in [1.82, 2.24) is 10.3 Å². The highest BCUT2D eigenvalue weighted by Gasteiger charge is 2.30. The topological polar surface area (TPSA) is 84.6 Å². The number of aliphatic carboxylic acids is 1. The van der Waals surface area contributed by atoms with Gasteiger partial charge in [0.15, 0.2) is 0 Å². The number of hydrogen-bond donors (Lipinski definition) is 2. The van der Waals surface area contributed by atoms with E-state index in [1.165, 1.54) is 0 Å². The Hall–Kier alpha value is -2.48. The largest absolute Gasteiger partial charge is 0.487 e. The lowest BCUT2D eigenvalue weighted by molar-refractivity contribution is -0.138. The lowest BCUT2D eigenvalue weighted by Gasteiger charge is -2.12. The Labute approximate surface area is 177 Å². The Morgan fingerprint density at radius 3 is 2.66 bits per heavy atom. The molecule has 1 aliphatic rings. The molecule has 29 heavy (non-hydrogen) atoms. The average Bonchev–Trinajstić information content (AvgIpc) is 3.35. The van der Waals surface area contributed by atoms with Crippen LogP contribution >= 0.6 is 23.4 Å². The Bertz CT molecular complexity index is 1000. The van der Waals surface area contributed by atoms with E-state index in [1.807, 2.05) is 43.3 Å². The van der Waals surface area contributed by atoms with Gasteiger partial charge in [0, 0.05) is 16.3 Å². The molecule has 1 aromatic heterocycles. The van der Waals surface area contributed by atoms with Gasteiger partial charge in [0.05, 0.1) is 5.37 Å². The number of nitrogens with one attached hydrogen (secondary N) is 1. The van der Waals surface area contributed by atoms with E-state index < -0.39 is 12.0 Å². The van der Waals surface area contributed by atoms with Crippen molar-refractivity contribution in [3.05, 3.63) is 70.6 Å². The van der Waals surface area contributed by atoms with Crippen molar-refractivity contribution in [1.29, 1.82) is 0 Å². The maximum Gasteiger partial charge on any atom is 0.321 e. The van der Waals surface area contributed by atoms with Crippen LogP contribution in [-0.2, 0) is 11.4 Å². The molecule has 1 fully saturated rings. The van der Waals surface area contributed by atoms with Crippen LogP contribution in [-0.4, -0.2) is 27.9 Å². The number of halogens is 1. The maximum atomic E-state index is 11.1. The molecule has 2 aromatic carbocycles. The molecule has 2 heterocycles. The summed E-state index contributed by atoms with van der Waals surface area (Å²) >= 11 is 7.51. The van der Waals surface area contributed by atoms with Gasteiger partial charge in [-0.1, -0.05) is 23.7 Å². The van der Waals surface area contributed by atoms with Crippen LogP contribution in [0.3, 0.4) is 0 Å². The van der Waals surface area contributed by atoms with Gasteiger partial charge in [0.2, 0.25) is 5.89 Å². The Morgan fingerprint density at radius 2 is 2.00 bits per heavy atom. The van der Waals surface area contributed by atoms with Crippen LogP contribution in [0.25, 0.3) is 11.5 Å². The number of aryl methyl sites for hydroxylation is 1. The number of ether oxygens (including phenoxy) is 1. The lowest BCUT2D eigenvalue weighted by Crippen LogP contribution is -2.33. The van der Waals surface area contributed by atoms with Crippen molar-refractivity contribution in [3.8, 4) is 17.2 Å². The molecule has 0 amide bonds. The molecule has 1 aliphatic heterocycles. The first-order chi connectivity index (χ1) is 14.0. The predicted molar refractivity (Wildman–Crippen MR) is 112 cm³/mol. The summed E-state index contributed by atoms with van der Waals surface area (Å²) in [7, 11) is 0. The van der Waals surface area contributed by atoms with Crippen molar-refractivity contribution >= 4 is 29.3 Å². The molecule has 2 unspecified atom stereocenters. The van der Waals surface area contributed by atoms with Gasteiger partial charge >= 0.3 is 5.97 Å². The summed E-state index contributed by atoms with van der Waals surface area (Å²) in [6, 6.07) is 14.4. The van der Waals surface area contributed by atoms with Gasteiger partial charge in [-0.15, -0.1) is 11.8 Å². The first-order valence-electron chi connectivity index (χ1n) is 9.05. The van der Waals surface area contributed by atoms with Gasteiger partial charge < -0.3 is 14.3 Å². The molecule has 3 aromatic rings. The molecule has 2 atom stereocenters. The number of nitrogens with zero attached hydrogens (tertiary/aromatic N) is 1. The standard InChI is InChI=1S/C21H19ClN2O4S/c1-12-17(23-19(28-12)13-2-6-15(22)7-3-13)10-27-16-8-4-14(5-9-16)20-24-18(11-29-20)21(25)26/h2-9,18,20,24H,10-11H2,1H3,(H,25,26). The number of hydrogen-bond acceptors (Lipinski definition) is 6. The van der Waals surface area contributed by atoms with Crippen LogP contribution in [0.5, 0.6) is 5.75 Å². The summed E-state index contributed by atoms with van der Waals surface area (Å²) < 4.78 is 11.6. The normalized spacial score (nSPS) is 18.7. The average molecular weight is 431 g/mol. The fourth-order valence-electron chi connectivity index (χ4n) is 2.97. The Balaban J connectivity index is 1.38. The minimum Gasteiger partial charge on any atom is -0.487 e. The number of carboxylic acids is 1. The van der Waals surface area contributed by atoms with Crippen LogP contribution in [0.15, 0.2) is 52.9 Å². The Morgan fingerprint density at radius 1 is 1.28 bits per heavy atom. The van der Waals surface area contributed by atoms with E-state index in [9.17, 15) is 4.79 Å². The van der Waals surface area contributed by atoms with Crippen LogP contribution in [0.1, 0.15) is 22.4 Å². The van der Waals surface area contributed by atoms with Gasteiger partial charge in [0.1, 0.15) is 29.9 Å². The highest BCUT2D eigenvalue weighted by Crippen LogP contribution is 2.33. The molecule has 0 saturated carbocycles. The molecule has 0 bridgehead atoms. The van der Waals surface area contributed by atoms with Crippen molar-refractivity contribution in [2.45, 2.75) is 24.9 Å². The summed E-state index contributed by atoms with van der Waals surface area (Å²) in [5.41, 5.74) is 2.61. The van der Waals surface area contributed by atoms with Gasteiger partial charge in [-0.3, -0.25) is 10.1 Å². The van der Waals surface area contributed by atoms with Crippen LogP contribution in [0, 0.1) is 6.92 Å². The number of oxazole rings is 1. The molecule has 6 nitrogen and oxygen atoms in total. The second-order valence-corrected chi connectivity index (χ2v) is 8.23. The van der Waals surface area contributed by atoms with E-state index in [4.69, 9.17) is 25.9 Å². The van der Waals surface area contributed by atoms with Crippen LogP contribution in [0.4, 0.5) is 0 Å². The zero-order valence-electron chi connectivity index (χ0n) is 15.6. The Kier molecular flexibility index (Phi) is 5.80. The monoisotopic (exact) mass is 430 g/mol. The zero-order valence-corrected chi connectivity index (χ0v) is 17.2. The minimum absolute atomic E-state index is 0.0233. The van der Waals surface area contributed by atoms with Gasteiger partial charge in [-0.2, -0.15) is 0 Å². The van der Waals surface area contributed by atoms with E-state index in [1.54, 1.807) is 23.9 Å². The molecule has 0 aliphatic carbocycles. The quantitative estimate of drug-likeness (QED) is 0.587. The minimum atomic E-state index is -0.819. The van der Waals surface area contributed by atoms with Crippen molar-refractivity contribution < 1.29 is 19.1 Å². The van der Waals surface area contributed by atoms with E-state index in [0.29, 0.717) is 34.8 Å². The second-order valence-electron chi connectivity index (χ2n) is 6.66. The van der Waals surface area contributed by atoms with E-state index in [2.05, 4.69) is 10.3 Å². The van der Waals surface area contributed by atoms with Crippen LogP contribution in [0.2, 0.25) is 5.02 Å². The van der Waals surface area contributed by atoms with E-state index >= 15 is 0 Å². The fraction of sp³-hybridized carbons (Fsp3) is 0.238.